The fourth-order valence-corrected chi connectivity index (χ4v) is 2.82. The smallest absolute Gasteiger partial charge is 0.276 e. The van der Waals surface area contributed by atoms with Crippen LogP contribution in [0.4, 0.5) is 0 Å². The van der Waals surface area contributed by atoms with Crippen molar-refractivity contribution in [2.75, 3.05) is 13.7 Å². The molecule has 0 aromatic carbocycles. The average Bonchev–Trinajstić information content (AvgIpc) is 3.16. The average molecular weight is 302 g/mol. The number of rotatable bonds is 4. The monoisotopic (exact) mass is 302 g/mol. The summed E-state index contributed by atoms with van der Waals surface area (Å²) in [6.07, 6.45) is 5.03. The molecule has 7 nitrogen and oxygen atoms in total. The molecule has 1 amide bonds. The number of aromatic nitrogens is 3. The Bertz CT molecular complexity index is 656. The Labute approximate surface area is 128 Å². The van der Waals surface area contributed by atoms with Crippen LogP contribution in [-0.2, 0) is 11.3 Å². The van der Waals surface area contributed by atoms with Crippen molar-refractivity contribution in [3.05, 3.63) is 41.3 Å². The molecule has 1 fully saturated rings. The third kappa shape index (κ3) is 2.59. The molecule has 0 bridgehead atoms. The predicted molar refractivity (Wildman–Crippen MR) is 77.0 cm³/mol. The number of hydrogen-bond donors (Lipinski definition) is 0. The molecular weight excluding hydrogens is 284 g/mol. The molecule has 0 spiro atoms. The topological polar surface area (TPSA) is 81.4 Å². The molecule has 0 N–H and O–H groups in total. The highest BCUT2D eigenvalue weighted by atomic mass is 16.5. The van der Waals surface area contributed by atoms with Gasteiger partial charge in [-0.3, -0.25) is 4.79 Å². The van der Waals surface area contributed by atoms with Crippen molar-refractivity contribution >= 4 is 5.91 Å². The first-order chi connectivity index (χ1) is 10.7. The third-order valence-electron chi connectivity index (χ3n) is 3.94. The van der Waals surface area contributed by atoms with Crippen LogP contribution in [0.25, 0.3) is 0 Å². The molecular formula is C15H18N4O3. The Morgan fingerprint density at radius 3 is 3.14 bits per heavy atom. The van der Waals surface area contributed by atoms with E-state index < -0.39 is 0 Å². The predicted octanol–water partition coefficient (Wildman–Crippen LogP) is 1.90. The van der Waals surface area contributed by atoms with E-state index >= 15 is 0 Å². The Hall–Kier alpha value is -2.28. The summed E-state index contributed by atoms with van der Waals surface area (Å²) in [5, 5.41) is 3.93. The van der Waals surface area contributed by atoms with Gasteiger partial charge in [0.2, 0.25) is 0 Å². The number of carbonyl (C=O) groups excluding carboxylic acids is 1. The van der Waals surface area contributed by atoms with E-state index in [1.54, 1.807) is 25.1 Å². The Morgan fingerprint density at radius 2 is 2.41 bits per heavy atom. The number of hydrogen-bond acceptors (Lipinski definition) is 6. The van der Waals surface area contributed by atoms with Gasteiger partial charge in [0.25, 0.3) is 5.91 Å². The van der Waals surface area contributed by atoms with Gasteiger partial charge in [-0.05, 0) is 25.8 Å². The van der Waals surface area contributed by atoms with Crippen molar-refractivity contribution in [1.29, 1.82) is 0 Å². The molecule has 2 aromatic rings. The highest BCUT2D eigenvalue weighted by Crippen LogP contribution is 2.32. The summed E-state index contributed by atoms with van der Waals surface area (Å²) in [6.45, 7) is 2.78. The lowest BCUT2D eigenvalue weighted by atomic mass is 10.1. The molecule has 0 aliphatic carbocycles. The maximum Gasteiger partial charge on any atom is 0.276 e. The summed E-state index contributed by atoms with van der Waals surface area (Å²) in [5.41, 5.74) is 1.90. The number of carbonyl (C=O) groups is 1. The quantitative estimate of drug-likeness (QED) is 0.858. The second kappa shape index (κ2) is 6.23. The van der Waals surface area contributed by atoms with Crippen molar-refractivity contribution in [2.24, 2.45) is 0 Å². The summed E-state index contributed by atoms with van der Waals surface area (Å²) in [5.74, 6) is 0.480. The molecule has 0 saturated carbocycles. The summed E-state index contributed by atoms with van der Waals surface area (Å²) in [7, 11) is 1.58. The van der Waals surface area contributed by atoms with Crippen molar-refractivity contribution in [3.8, 4) is 0 Å². The van der Waals surface area contributed by atoms with Crippen molar-refractivity contribution < 1.29 is 14.1 Å². The standard InChI is InChI=1S/C15H18N4O3/c1-10-11(8-21-2)14(18-22-10)15(20)19-7-3-4-13(19)12-5-6-16-9-17-12/h5-6,9,13H,3-4,7-8H2,1-2H3/t13-/m1/s1. The molecule has 22 heavy (non-hydrogen) atoms. The minimum absolute atomic E-state index is 0.0390. The summed E-state index contributed by atoms with van der Waals surface area (Å²) >= 11 is 0. The minimum atomic E-state index is -0.134. The summed E-state index contributed by atoms with van der Waals surface area (Å²) < 4.78 is 10.3. The summed E-state index contributed by atoms with van der Waals surface area (Å²) in [4.78, 5) is 22.9. The van der Waals surface area contributed by atoms with Crippen molar-refractivity contribution in [3.63, 3.8) is 0 Å². The maximum absolute atomic E-state index is 12.8. The highest BCUT2D eigenvalue weighted by molar-refractivity contribution is 5.94. The Kier molecular flexibility index (Phi) is 4.15. The Morgan fingerprint density at radius 1 is 1.55 bits per heavy atom. The number of likely N-dealkylation sites (tertiary alicyclic amines) is 1. The number of nitrogens with zero attached hydrogens (tertiary/aromatic N) is 4. The largest absolute Gasteiger partial charge is 0.380 e. The van der Waals surface area contributed by atoms with E-state index in [0.717, 1.165) is 18.5 Å². The molecule has 3 rings (SSSR count). The van der Waals surface area contributed by atoms with E-state index in [4.69, 9.17) is 9.26 Å². The van der Waals surface area contributed by atoms with Gasteiger partial charge in [-0.2, -0.15) is 0 Å². The van der Waals surface area contributed by atoms with E-state index in [1.807, 2.05) is 6.07 Å². The minimum Gasteiger partial charge on any atom is -0.380 e. The van der Waals surface area contributed by atoms with E-state index in [1.165, 1.54) is 6.33 Å². The van der Waals surface area contributed by atoms with E-state index in [0.29, 0.717) is 30.2 Å². The zero-order valence-corrected chi connectivity index (χ0v) is 12.7. The lowest BCUT2D eigenvalue weighted by Crippen LogP contribution is -2.32. The van der Waals surface area contributed by atoms with Gasteiger partial charge in [0.1, 0.15) is 12.1 Å². The molecule has 116 valence electrons. The zero-order chi connectivity index (χ0) is 15.5. The molecule has 1 aliphatic heterocycles. The van der Waals surface area contributed by atoms with Gasteiger partial charge >= 0.3 is 0 Å². The van der Waals surface area contributed by atoms with Crippen LogP contribution < -0.4 is 0 Å². The zero-order valence-electron chi connectivity index (χ0n) is 12.7. The van der Waals surface area contributed by atoms with Crippen LogP contribution in [0.15, 0.2) is 23.1 Å². The van der Waals surface area contributed by atoms with Crippen LogP contribution in [0.2, 0.25) is 0 Å². The second-order valence-electron chi connectivity index (χ2n) is 5.29. The normalized spacial score (nSPS) is 17.9. The van der Waals surface area contributed by atoms with Crippen molar-refractivity contribution in [2.45, 2.75) is 32.4 Å². The van der Waals surface area contributed by atoms with Crippen LogP contribution in [-0.4, -0.2) is 39.6 Å². The van der Waals surface area contributed by atoms with Gasteiger partial charge in [-0.25, -0.2) is 9.97 Å². The summed E-state index contributed by atoms with van der Waals surface area (Å²) in [6, 6.07) is 1.81. The Balaban J connectivity index is 1.88. The number of methoxy groups -OCH3 is 1. The molecule has 1 aliphatic rings. The van der Waals surface area contributed by atoms with Crippen LogP contribution in [0.5, 0.6) is 0 Å². The van der Waals surface area contributed by atoms with E-state index in [9.17, 15) is 4.79 Å². The van der Waals surface area contributed by atoms with Gasteiger partial charge in [0, 0.05) is 19.9 Å². The maximum atomic E-state index is 12.8. The molecule has 0 radical (unpaired) electrons. The van der Waals surface area contributed by atoms with Crippen LogP contribution in [0, 0.1) is 6.92 Å². The first kappa shape index (κ1) is 14.6. The van der Waals surface area contributed by atoms with Gasteiger partial charge in [0.05, 0.1) is 23.9 Å². The number of aryl methyl sites for hydroxylation is 1. The van der Waals surface area contributed by atoms with Gasteiger partial charge in [-0.15, -0.1) is 0 Å². The fraction of sp³-hybridized carbons (Fsp3) is 0.467. The van der Waals surface area contributed by atoms with Crippen LogP contribution in [0.3, 0.4) is 0 Å². The van der Waals surface area contributed by atoms with E-state index in [2.05, 4.69) is 15.1 Å². The molecule has 2 aromatic heterocycles. The molecule has 1 saturated heterocycles. The lowest BCUT2D eigenvalue weighted by Gasteiger charge is -2.23. The van der Waals surface area contributed by atoms with E-state index in [-0.39, 0.29) is 11.9 Å². The molecule has 7 heteroatoms. The molecule has 3 heterocycles. The highest BCUT2D eigenvalue weighted by Gasteiger charge is 2.34. The number of amides is 1. The van der Waals surface area contributed by atoms with Gasteiger partial charge in [0.15, 0.2) is 5.69 Å². The molecule has 1 atom stereocenters. The lowest BCUT2D eigenvalue weighted by molar-refractivity contribution is 0.0718. The first-order valence-corrected chi connectivity index (χ1v) is 7.23. The van der Waals surface area contributed by atoms with Gasteiger partial charge in [-0.1, -0.05) is 5.16 Å². The SMILES string of the molecule is COCc1c(C(=O)N2CCC[C@@H]2c2ccncn2)noc1C. The third-order valence-corrected chi connectivity index (χ3v) is 3.94. The van der Waals surface area contributed by atoms with Crippen LogP contribution in [0.1, 0.15) is 46.4 Å². The van der Waals surface area contributed by atoms with Crippen LogP contribution >= 0.6 is 0 Å². The van der Waals surface area contributed by atoms with Crippen molar-refractivity contribution in [1.82, 2.24) is 20.0 Å². The first-order valence-electron chi connectivity index (χ1n) is 7.23. The number of ether oxygens (including phenoxy) is 1. The van der Waals surface area contributed by atoms with Gasteiger partial charge < -0.3 is 14.2 Å². The second-order valence-corrected chi connectivity index (χ2v) is 5.29. The fourth-order valence-electron chi connectivity index (χ4n) is 2.82. The molecule has 0 unspecified atom stereocenters.